The summed E-state index contributed by atoms with van der Waals surface area (Å²) in [4.78, 5) is 10.6. The van der Waals surface area contributed by atoms with Crippen molar-refractivity contribution in [2.45, 2.75) is 5.41 Å². The largest absolute Gasteiger partial charge is 0.226 e. The Hall–Kier alpha value is -5.90. The molecule has 2 heterocycles. The molecule has 0 saturated carbocycles. The van der Waals surface area contributed by atoms with E-state index in [0.29, 0.717) is 0 Å². The summed E-state index contributed by atoms with van der Waals surface area (Å²) in [7, 11) is 0. The van der Waals surface area contributed by atoms with E-state index in [1.165, 1.54) is 65.4 Å². The van der Waals surface area contributed by atoms with E-state index in [1.54, 1.807) is 11.3 Å². The van der Waals surface area contributed by atoms with Crippen molar-refractivity contribution in [1.29, 1.82) is 0 Å². The van der Waals surface area contributed by atoms with Crippen LogP contribution in [0.1, 0.15) is 22.3 Å². The monoisotopic (exact) mass is 626 g/mol. The van der Waals surface area contributed by atoms with Gasteiger partial charge in [-0.2, -0.15) is 0 Å². The van der Waals surface area contributed by atoms with Gasteiger partial charge in [0, 0.05) is 21.2 Å². The SMILES string of the molecule is c1ccc(-c2nc(-c3ccc4c(c3)-c3ccccc3C43c4ccccc4-c4c3ccc3ccccc43)nc3c2sc2ccccc23)cc1. The molecule has 0 radical (unpaired) electrons. The van der Waals surface area contributed by atoms with Gasteiger partial charge in [0.1, 0.15) is 0 Å². The predicted octanol–water partition coefficient (Wildman–Crippen LogP) is 11.7. The fourth-order valence-corrected chi connectivity index (χ4v) is 9.72. The zero-order chi connectivity index (χ0) is 31.4. The zero-order valence-corrected chi connectivity index (χ0v) is 26.6. The Morgan fingerprint density at radius 1 is 0.458 bits per heavy atom. The number of fused-ring (bicyclic) bond motifs is 15. The fraction of sp³-hybridized carbons (Fsp3) is 0.0222. The third kappa shape index (κ3) is 3.31. The van der Waals surface area contributed by atoms with Crippen LogP contribution in [0.2, 0.25) is 0 Å². The molecule has 2 aromatic heterocycles. The summed E-state index contributed by atoms with van der Waals surface area (Å²) in [5, 5.41) is 3.75. The van der Waals surface area contributed by atoms with E-state index < -0.39 is 5.41 Å². The molecule has 222 valence electrons. The van der Waals surface area contributed by atoms with Crippen LogP contribution in [0.3, 0.4) is 0 Å². The third-order valence-corrected chi connectivity index (χ3v) is 11.7. The van der Waals surface area contributed by atoms with E-state index in [0.717, 1.165) is 32.9 Å². The molecule has 1 spiro atoms. The maximum Gasteiger partial charge on any atom is 0.160 e. The maximum atomic E-state index is 5.31. The molecule has 11 rings (SSSR count). The molecule has 3 heteroatoms. The lowest BCUT2D eigenvalue weighted by atomic mass is 9.70. The number of thiophene rings is 1. The summed E-state index contributed by atoms with van der Waals surface area (Å²) >= 11 is 1.77. The average molecular weight is 627 g/mol. The van der Waals surface area contributed by atoms with E-state index in [1.807, 2.05) is 0 Å². The Labute approximate surface area is 281 Å². The van der Waals surface area contributed by atoms with Gasteiger partial charge in [0.15, 0.2) is 5.82 Å². The molecule has 48 heavy (non-hydrogen) atoms. The van der Waals surface area contributed by atoms with Gasteiger partial charge in [0.05, 0.1) is 21.3 Å². The number of hydrogen-bond donors (Lipinski definition) is 0. The van der Waals surface area contributed by atoms with Crippen molar-refractivity contribution >= 4 is 42.4 Å². The van der Waals surface area contributed by atoms with Gasteiger partial charge in [0.2, 0.25) is 0 Å². The van der Waals surface area contributed by atoms with Crippen molar-refractivity contribution in [1.82, 2.24) is 9.97 Å². The van der Waals surface area contributed by atoms with Gasteiger partial charge < -0.3 is 0 Å². The zero-order valence-electron chi connectivity index (χ0n) is 25.8. The quantitative estimate of drug-likeness (QED) is 0.191. The molecule has 0 fully saturated rings. The summed E-state index contributed by atoms with van der Waals surface area (Å²) in [5.41, 5.74) is 14.3. The van der Waals surface area contributed by atoms with Gasteiger partial charge in [-0.1, -0.05) is 146 Å². The normalized spacial score (nSPS) is 15.6. The Bertz CT molecular complexity index is 2790. The van der Waals surface area contributed by atoms with Gasteiger partial charge in [-0.25, -0.2) is 9.97 Å². The van der Waals surface area contributed by atoms with Crippen molar-refractivity contribution in [3.05, 3.63) is 180 Å². The highest BCUT2D eigenvalue weighted by atomic mass is 32.1. The Morgan fingerprint density at radius 3 is 2.00 bits per heavy atom. The Kier molecular flexibility index (Phi) is 5.22. The lowest BCUT2D eigenvalue weighted by molar-refractivity contribution is 0.794. The minimum Gasteiger partial charge on any atom is -0.226 e. The van der Waals surface area contributed by atoms with E-state index in [9.17, 15) is 0 Å². The van der Waals surface area contributed by atoms with Crippen molar-refractivity contribution in [3.63, 3.8) is 0 Å². The molecule has 9 aromatic rings. The second-order valence-corrected chi connectivity index (χ2v) is 13.9. The molecule has 2 nitrogen and oxygen atoms in total. The van der Waals surface area contributed by atoms with Crippen LogP contribution in [-0.2, 0) is 5.41 Å². The molecule has 2 aliphatic carbocycles. The molecule has 7 aromatic carbocycles. The lowest BCUT2D eigenvalue weighted by Crippen LogP contribution is -2.25. The molecule has 0 saturated heterocycles. The topological polar surface area (TPSA) is 25.8 Å². The standard InChI is InChI=1S/C45H26N2S/c1-2-13-28(14-3-1)41-43-42(33-18-8-11-21-39(33)48-43)47-44(46-41)29-23-24-37-34(26-29)31-16-6-9-19-35(31)45(37)36-20-10-7-17-32(36)40-30-15-5-4-12-27(30)22-25-38(40)45/h1-26H. The van der Waals surface area contributed by atoms with Crippen LogP contribution in [0.5, 0.6) is 0 Å². The van der Waals surface area contributed by atoms with E-state index in [-0.39, 0.29) is 0 Å². The van der Waals surface area contributed by atoms with Gasteiger partial charge in [0.25, 0.3) is 0 Å². The highest BCUT2D eigenvalue weighted by Crippen LogP contribution is 2.64. The van der Waals surface area contributed by atoms with Gasteiger partial charge in [-0.05, 0) is 67.4 Å². The summed E-state index contributed by atoms with van der Waals surface area (Å²) in [6, 6.07) is 57.5. The van der Waals surface area contributed by atoms with Crippen LogP contribution >= 0.6 is 11.3 Å². The molecular formula is C45H26N2S. The smallest absolute Gasteiger partial charge is 0.160 e. The van der Waals surface area contributed by atoms with Crippen molar-refractivity contribution in [2.24, 2.45) is 0 Å². The van der Waals surface area contributed by atoms with E-state index >= 15 is 0 Å². The predicted molar refractivity (Wildman–Crippen MR) is 200 cm³/mol. The molecular weight excluding hydrogens is 601 g/mol. The molecule has 0 amide bonds. The first-order chi connectivity index (χ1) is 23.8. The van der Waals surface area contributed by atoms with Crippen LogP contribution in [0, 0.1) is 0 Å². The second kappa shape index (κ2) is 9.57. The molecule has 0 bridgehead atoms. The van der Waals surface area contributed by atoms with Crippen LogP contribution in [-0.4, -0.2) is 9.97 Å². The van der Waals surface area contributed by atoms with Gasteiger partial charge >= 0.3 is 0 Å². The molecule has 1 unspecified atom stereocenters. The van der Waals surface area contributed by atoms with Crippen LogP contribution in [0.4, 0.5) is 0 Å². The summed E-state index contributed by atoms with van der Waals surface area (Å²) in [6.07, 6.45) is 0. The molecule has 2 aliphatic rings. The Balaban J connectivity index is 1.20. The van der Waals surface area contributed by atoms with Crippen LogP contribution in [0.25, 0.3) is 76.0 Å². The summed E-state index contributed by atoms with van der Waals surface area (Å²) < 4.78 is 2.36. The fourth-order valence-electron chi connectivity index (χ4n) is 8.56. The van der Waals surface area contributed by atoms with E-state index in [4.69, 9.17) is 9.97 Å². The van der Waals surface area contributed by atoms with Crippen molar-refractivity contribution in [2.75, 3.05) is 0 Å². The minimum absolute atomic E-state index is 0.399. The first-order valence-corrected chi connectivity index (χ1v) is 17.2. The lowest BCUT2D eigenvalue weighted by Gasteiger charge is -2.30. The number of aromatic nitrogens is 2. The number of benzene rings is 7. The first-order valence-electron chi connectivity index (χ1n) is 16.4. The number of nitrogens with zero attached hydrogens (tertiary/aromatic N) is 2. The van der Waals surface area contributed by atoms with Crippen molar-refractivity contribution in [3.8, 4) is 44.9 Å². The highest BCUT2D eigenvalue weighted by Gasteiger charge is 2.52. The van der Waals surface area contributed by atoms with Gasteiger partial charge in [-0.3, -0.25) is 0 Å². The molecule has 1 atom stereocenters. The Morgan fingerprint density at radius 2 is 1.12 bits per heavy atom. The molecule has 0 aliphatic heterocycles. The number of rotatable bonds is 2. The maximum absolute atomic E-state index is 5.31. The summed E-state index contributed by atoms with van der Waals surface area (Å²) in [6.45, 7) is 0. The van der Waals surface area contributed by atoms with Gasteiger partial charge in [-0.15, -0.1) is 11.3 Å². The third-order valence-electron chi connectivity index (χ3n) is 10.5. The van der Waals surface area contributed by atoms with Crippen LogP contribution < -0.4 is 0 Å². The van der Waals surface area contributed by atoms with Crippen molar-refractivity contribution < 1.29 is 0 Å². The minimum atomic E-state index is -0.399. The molecule has 0 N–H and O–H groups in total. The first kappa shape index (κ1) is 26.2. The van der Waals surface area contributed by atoms with Crippen LogP contribution in [0.15, 0.2) is 158 Å². The van der Waals surface area contributed by atoms with E-state index in [2.05, 4.69) is 158 Å². The number of hydrogen-bond acceptors (Lipinski definition) is 3. The second-order valence-electron chi connectivity index (χ2n) is 12.8. The average Bonchev–Trinajstić information content (AvgIpc) is 3.79. The highest BCUT2D eigenvalue weighted by molar-refractivity contribution is 7.26. The summed E-state index contributed by atoms with van der Waals surface area (Å²) in [5.74, 6) is 0.754.